The smallest absolute Gasteiger partial charge is 0.412 e. The average molecular weight is 520 g/mol. The molecule has 0 saturated heterocycles. The average Bonchev–Trinajstić information content (AvgIpc) is 2.93. The summed E-state index contributed by atoms with van der Waals surface area (Å²) in [7, 11) is 1.54. The maximum Gasteiger partial charge on any atom is 0.412 e. The van der Waals surface area contributed by atoms with Gasteiger partial charge < -0.3 is 30.4 Å². The van der Waals surface area contributed by atoms with Gasteiger partial charge in [-0.15, -0.1) is 0 Å². The molecule has 0 aliphatic rings. The van der Waals surface area contributed by atoms with Gasteiger partial charge >= 0.3 is 6.09 Å². The minimum Gasteiger partial charge on any atom is -0.491 e. The van der Waals surface area contributed by atoms with E-state index < -0.39 is 18.3 Å². The summed E-state index contributed by atoms with van der Waals surface area (Å²) in [6.07, 6.45) is 2.16. The SMILES string of the molecule is CO[C@H](CC/C=C/C(=O)Nc1ccccc1N)[C@H](OC(=O)Nc1ccccc1)c1cccc(OCCO)c1. The quantitative estimate of drug-likeness (QED) is 0.186. The number of carbonyl (C=O) groups is 2. The normalized spacial score (nSPS) is 12.5. The van der Waals surface area contributed by atoms with Gasteiger partial charge in [-0.25, -0.2) is 4.79 Å². The van der Waals surface area contributed by atoms with Crippen molar-refractivity contribution in [3.05, 3.63) is 96.6 Å². The van der Waals surface area contributed by atoms with Gasteiger partial charge in [-0.1, -0.05) is 48.5 Å². The van der Waals surface area contributed by atoms with E-state index in [4.69, 9.17) is 25.1 Å². The van der Waals surface area contributed by atoms with Gasteiger partial charge in [-0.3, -0.25) is 10.1 Å². The van der Waals surface area contributed by atoms with Gasteiger partial charge in [0.1, 0.15) is 12.4 Å². The number of amides is 2. The molecule has 2 amide bonds. The van der Waals surface area contributed by atoms with Crippen molar-refractivity contribution in [2.45, 2.75) is 25.0 Å². The van der Waals surface area contributed by atoms with Crippen molar-refractivity contribution < 1.29 is 28.9 Å². The highest BCUT2D eigenvalue weighted by molar-refractivity contribution is 6.01. The first-order valence-electron chi connectivity index (χ1n) is 12.2. The molecule has 5 N–H and O–H groups in total. The van der Waals surface area contributed by atoms with Gasteiger partial charge in [-0.05, 0) is 60.9 Å². The van der Waals surface area contributed by atoms with Crippen molar-refractivity contribution in [2.24, 2.45) is 0 Å². The lowest BCUT2D eigenvalue weighted by molar-refractivity contribution is -0.111. The second-order valence-corrected chi connectivity index (χ2v) is 8.29. The number of methoxy groups -OCH3 is 1. The van der Waals surface area contributed by atoms with Crippen LogP contribution >= 0.6 is 0 Å². The molecule has 0 heterocycles. The van der Waals surface area contributed by atoms with E-state index in [2.05, 4.69) is 10.6 Å². The Kier molecular flexibility index (Phi) is 11.2. The second-order valence-electron chi connectivity index (χ2n) is 8.29. The Bertz CT molecular complexity index is 1200. The Morgan fingerprint density at radius 2 is 1.76 bits per heavy atom. The molecule has 3 rings (SSSR count). The number of para-hydroxylation sites is 3. The summed E-state index contributed by atoms with van der Waals surface area (Å²) in [5, 5.41) is 14.5. The van der Waals surface area contributed by atoms with Crippen LogP contribution in [0.3, 0.4) is 0 Å². The van der Waals surface area contributed by atoms with Crippen LogP contribution in [0.25, 0.3) is 0 Å². The zero-order valence-corrected chi connectivity index (χ0v) is 21.2. The highest BCUT2D eigenvalue weighted by atomic mass is 16.6. The van der Waals surface area contributed by atoms with Crippen LogP contribution in [0, 0.1) is 0 Å². The Hall–Kier alpha value is -4.34. The zero-order valence-electron chi connectivity index (χ0n) is 21.2. The number of hydrogen-bond donors (Lipinski definition) is 4. The minimum atomic E-state index is -0.771. The maximum absolute atomic E-state index is 12.8. The summed E-state index contributed by atoms with van der Waals surface area (Å²) < 4.78 is 17.1. The Morgan fingerprint density at radius 3 is 2.50 bits per heavy atom. The number of aliphatic hydroxyl groups excluding tert-OH is 1. The molecule has 0 radical (unpaired) electrons. The van der Waals surface area contributed by atoms with Gasteiger partial charge in [-0.2, -0.15) is 0 Å². The summed E-state index contributed by atoms with van der Waals surface area (Å²) in [6.45, 7) is 0.0137. The monoisotopic (exact) mass is 519 g/mol. The van der Waals surface area contributed by atoms with E-state index in [0.717, 1.165) is 0 Å². The molecular formula is C29H33N3O6. The maximum atomic E-state index is 12.8. The molecule has 0 bridgehead atoms. The predicted octanol–water partition coefficient (Wildman–Crippen LogP) is 4.92. The van der Waals surface area contributed by atoms with Crippen LogP contribution in [0.2, 0.25) is 0 Å². The first kappa shape index (κ1) is 28.2. The van der Waals surface area contributed by atoms with E-state index in [1.807, 2.05) is 24.3 Å². The predicted molar refractivity (Wildman–Crippen MR) is 147 cm³/mol. The molecule has 0 aromatic heterocycles. The van der Waals surface area contributed by atoms with Gasteiger partial charge in [0, 0.05) is 12.8 Å². The standard InChI is InChI=1S/C29H33N3O6/c1-36-26(16-7-8-17-27(34)32-25-15-6-5-14-24(25)30)28(21-10-9-13-23(20-21)37-19-18-33)38-29(35)31-22-11-3-2-4-12-22/h2-6,8-15,17,20,26,28,33H,7,16,18-19,30H2,1H3,(H,31,35)(H,32,34)/b17-8+/t26-,28-/m1/s1. The second kappa shape index (κ2) is 15.0. The van der Waals surface area contributed by atoms with Crippen molar-refractivity contribution in [3.63, 3.8) is 0 Å². The number of anilines is 3. The molecule has 0 aliphatic carbocycles. The summed E-state index contributed by atoms with van der Waals surface area (Å²) >= 11 is 0. The van der Waals surface area contributed by atoms with Crippen molar-refractivity contribution in [1.82, 2.24) is 0 Å². The van der Waals surface area contributed by atoms with Crippen molar-refractivity contribution >= 4 is 29.1 Å². The summed E-state index contributed by atoms with van der Waals surface area (Å²) in [4.78, 5) is 25.0. The number of allylic oxidation sites excluding steroid dienone is 1. The third kappa shape index (κ3) is 8.95. The topological polar surface area (TPSA) is 132 Å². The summed E-state index contributed by atoms with van der Waals surface area (Å²) in [5.41, 5.74) is 8.15. The number of nitrogens with one attached hydrogen (secondary N) is 2. The number of benzene rings is 3. The lowest BCUT2D eigenvalue weighted by Gasteiger charge is -2.26. The number of hydrogen-bond acceptors (Lipinski definition) is 7. The van der Waals surface area contributed by atoms with Gasteiger partial charge in [0.2, 0.25) is 5.91 Å². The van der Waals surface area contributed by atoms with Crippen LogP contribution in [-0.4, -0.2) is 43.5 Å². The number of rotatable bonds is 13. The molecule has 3 aromatic carbocycles. The molecule has 0 aliphatic heterocycles. The lowest BCUT2D eigenvalue weighted by atomic mass is 10.00. The number of nitrogens with two attached hydrogens (primary N) is 1. The van der Waals surface area contributed by atoms with Crippen LogP contribution in [0.4, 0.5) is 21.9 Å². The Labute approximate surface area is 222 Å². The number of nitrogen functional groups attached to an aromatic ring is 1. The zero-order chi connectivity index (χ0) is 27.2. The number of ether oxygens (including phenoxy) is 3. The Morgan fingerprint density at radius 1 is 1.00 bits per heavy atom. The number of aliphatic hydroxyl groups is 1. The molecule has 2 atom stereocenters. The first-order chi connectivity index (χ1) is 18.5. The largest absolute Gasteiger partial charge is 0.491 e. The molecule has 38 heavy (non-hydrogen) atoms. The molecule has 0 fully saturated rings. The van der Waals surface area contributed by atoms with Crippen LogP contribution in [0.15, 0.2) is 91.0 Å². The third-order valence-electron chi connectivity index (χ3n) is 5.55. The van der Waals surface area contributed by atoms with E-state index in [1.54, 1.807) is 60.7 Å². The minimum absolute atomic E-state index is 0.124. The fraction of sp³-hybridized carbons (Fsp3) is 0.241. The van der Waals surface area contributed by atoms with Gasteiger partial charge in [0.25, 0.3) is 0 Å². The first-order valence-corrected chi connectivity index (χ1v) is 12.2. The molecule has 0 saturated carbocycles. The fourth-order valence-electron chi connectivity index (χ4n) is 3.72. The van der Waals surface area contributed by atoms with E-state index in [-0.39, 0.29) is 19.1 Å². The molecule has 0 unspecified atom stereocenters. The van der Waals surface area contributed by atoms with Crippen LogP contribution in [0.1, 0.15) is 24.5 Å². The van der Waals surface area contributed by atoms with E-state index in [0.29, 0.717) is 41.2 Å². The fourth-order valence-corrected chi connectivity index (χ4v) is 3.72. The highest BCUT2D eigenvalue weighted by Crippen LogP contribution is 2.30. The van der Waals surface area contributed by atoms with E-state index in [9.17, 15) is 9.59 Å². The molecule has 9 heteroatoms. The molecule has 9 nitrogen and oxygen atoms in total. The van der Waals surface area contributed by atoms with Crippen LogP contribution in [0.5, 0.6) is 5.75 Å². The van der Waals surface area contributed by atoms with Crippen molar-refractivity contribution in [3.8, 4) is 5.75 Å². The molecule has 3 aromatic rings. The lowest BCUT2D eigenvalue weighted by Crippen LogP contribution is -2.28. The Balaban J connectivity index is 1.69. The van der Waals surface area contributed by atoms with E-state index in [1.165, 1.54) is 13.2 Å². The summed E-state index contributed by atoms with van der Waals surface area (Å²) in [6, 6.07) is 23.1. The summed E-state index contributed by atoms with van der Waals surface area (Å²) in [5.74, 6) is 0.223. The number of carbonyl (C=O) groups excluding carboxylic acids is 2. The highest BCUT2D eigenvalue weighted by Gasteiger charge is 2.27. The van der Waals surface area contributed by atoms with Crippen LogP contribution in [-0.2, 0) is 14.3 Å². The molecular weight excluding hydrogens is 486 g/mol. The third-order valence-corrected chi connectivity index (χ3v) is 5.55. The van der Waals surface area contributed by atoms with Gasteiger partial charge in [0.05, 0.1) is 24.1 Å². The van der Waals surface area contributed by atoms with Gasteiger partial charge in [0.15, 0.2) is 6.10 Å². The van der Waals surface area contributed by atoms with Crippen molar-refractivity contribution in [1.29, 1.82) is 0 Å². The van der Waals surface area contributed by atoms with E-state index >= 15 is 0 Å². The van der Waals surface area contributed by atoms with Crippen LogP contribution < -0.4 is 21.1 Å². The van der Waals surface area contributed by atoms with Crippen molar-refractivity contribution in [2.75, 3.05) is 36.7 Å². The molecule has 0 spiro atoms. The molecule has 200 valence electrons.